The van der Waals surface area contributed by atoms with Crippen LogP contribution in [0.5, 0.6) is 17.2 Å². The second kappa shape index (κ2) is 7.57. The largest absolute Gasteiger partial charge is 0.497 e. The van der Waals surface area contributed by atoms with Crippen LogP contribution in [0.3, 0.4) is 0 Å². The molecule has 0 fully saturated rings. The first-order valence-electron chi connectivity index (χ1n) is 7.83. The molecule has 0 saturated heterocycles. The van der Waals surface area contributed by atoms with E-state index >= 15 is 0 Å². The summed E-state index contributed by atoms with van der Waals surface area (Å²) in [6, 6.07) is 18.8. The van der Waals surface area contributed by atoms with E-state index in [2.05, 4.69) is 5.32 Å². The number of nitrogens with one attached hydrogen (secondary N) is 1. The molecule has 5 nitrogen and oxygen atoms in total. The second-order valence-electron chi connectivity index (χ2n) is 5.42. The second-order valence-corrected chi connectivity index (χ2v) is 5.42. The van der Waals surface area contributed by atoms with E-state index < -0.39 is 0 Å². The average molecular weight is 337 g/mol. The summed E-state index contributed by atoms with van der Waals surface area (Å²) < 4.78 is 16.1. The number of rotatable bonds is 6. The Labute approximate surface area is 146 Å². The van der Waals surface area contributed by atoms with Gasteiger partial charge in [0.25, 0.3) is 5.91 Å². The summed E-state index contributed by atoms with van der Waals surface area (Å²) >= 11 is 0. The van der Waals surface area contributed by atoms with E-state index in [9.17, 15) is 4.79 Å². The van der Waals surface area contributed by atoms with E-state index in [4.69, 9.17) is 14.2 Å². The van der Waals surface area contributed by atoms with Crippen LogP contribution in [-0.4, -0.2) is 26.7 Å². The number of anilines is 1. The maximum atomic E-state index is 12.2. The number of amides is 1. The van der Waals surface area contributed by atoms with E-state index in [1.54, 1.807) is 32.4 Å². The minimum atomic E-state index is -0.261. The van der Waals surface area contributed by atoms with Crippen LogP contribution >= 0.6 is 0 Å². The molecule has 1 amide bonds. The Morgan fingerprint density at radius 2 is 1.60 bits per heavy atom. The maximum Gasteiger partial charge on any atom is 0.262 e. The number of hydrogen-bond donors (Lipinski definition) is 1. The summed E-state index contributed by atoms with van der Waals surface area (Å²) in [6.07, 6.45) is 0. The number of fused-ring (bicyclic) bond motifs is 1. The third-order valence-electron chi connectivity index (χ3n) is 3.74. The number of ether oxygens (including phenoxy) is 3. The molecule has 128 valence electrons. The van der Waals surface area contributed by atoms with Crippen molar-refractivity contribution in [1.29, 1.82) is 0 Å². The van der Waals surface area contributed by atoms with E-state index in [1.807, 2.05) is 42.5 Å². The zero-order valence-electron chi connectivity index (χ0n) is 14.1. The van der Waals surface area contributed by atoms with Crippen molar-refractivity contribution in [2.75, 3.05) is 26.1 Å². The molecular weight excluding hydrogens is 318 g/mol. The Hall–Kier alpha value is -3.21. The smallest absolute Gasteiger partial charge is 0.262 e. The molecule has 5 heteroatoms. The zero-order chi connectivity index (χ0) is 17.6. The average Bonchev–Trinajstić information content (AvgIpc) is 2.65. The van der Waals surface area contributed by atoms with Gasteiger partial charge in [0.15, 0.2) is 6.61 Å². The van der Waals surface area contributed by atoms with Gasteiger partial charge < -0.3 is 19.5 Å². The summed E-state index contributed by atoms with van der Waals surface area (Å²) in [4.78, 5) is 12.2. The van der Waals surface area contributed by atoms with Crippen molar-refractivity contribution in [1.82, 2.24) is 0 Å². The standard InChI is InChI=1S/C20H19NO4/c1-23-16-10-15(11-17(12-16)24-2)21-20(22)13-25-19-9-5-7-14-6-3-4-8-18(14)19/h3-12H,13H2,1-2H3,(H,21,22). The third-order valence-corrected chi connectivity index (χ3v) is 3.74. The lowest BCUT2D eigenvalue weighted by Gasteiger charge is -2.11. The highest BCUT2D eigenvalue weighted by molar-refractivity contribution is 5.93. The summed E-state index contributed by atoms with van der Waals surface area (Å²) in [5.74, 6) is 1.62. The topological polar surface area (TPSA) is 56.8 Å². The quantitative estimate of drug-likeness (QED) is 0.742. The molecule has 3 aromatic carbocycles. The van der Waals surface area contributed by atoms with Gasteiger partial charge in [0, 0.05) is 29.3 Å². The highest BCUT2D eigenvalue weighted by Crippen LogP contribution is 2.27. The minimum absolute atomic E-state index is 0.0897. The third kappa shape index (κ3) is 4.01. The van der Waals surface area contributed by atoms with Crippen molar-refractivity contribution < 1.29 is 19.0 Å². The first-order chi connectivity index (χ1) is 12.2. The highest BCUT2D eigenvalue weighted by atomic mass is 16.5. The zero-order valence-corrected chi connectivity index (χ0v) is 14.1. The number of methoxy groups -OCH3 is 2. The van der Waals surface area contributed by atoms with Crippen LogP contribution in [0, 0.1) is 0 Å². The number of hydrogen-bond acceptors (Lipinski definition) is 4. The van der Waals surface area contributed by atoms with Crippen LogP contribution in [0.2, 0.25) is 0 Å². The van der Waals surface area contributed by atoms with Crippen LogP contribution in [0.4, 0.5) is 5.69 Å². The van der Waals surface area contributed by atoms with Gasteiger partial charge in [-0.2, -0.15) is 0 Å². The summed E-state index contributed by atoms with van der Waals surface area (Å²) in [5.41, 5.74) is 0.586. The molecule has 0 saturated carbocycles. The van der Waals surface area contributed by atoms with Gasteiger partial charge in [-0.25, -0.2) is 0 Å². The Morgan fingerprint density at radius 3 is 2.32 bits per heavy atom. The summed E-state index contributed by atoms with van der Waals surface area (Å²) in [7, 11) is 3.12. The number of benzene rings is 3. The van der Waals surface area contributed by atoms with Gasteiger partial charge in [0.1, 0.15) is 17.2 Å². The molecule has 0 aliphatic carbocycles. The fourth-order valence-corrected chi connectivity index (χ4v) is 2.54. The van der Waals surface area contributed by atoms with Crippen LogP contribution in [-0.2, 0) is 4.79 Å². The normalized spacial score (nSPS) is 10.3. The molecule has 3 rings (SSSR count). The molecule has 25 heavy (non-hydrogen) atoms. The Kier molecular flexibility index (Phi) is 5.04. The number of carbonyl (C=O) groups excluding carboxylic acids is 1. The number of carbonyl (C=O) groups is 1. The van der Waals surface area contributed by atoms with Crippen molar-refractivity contribution >= 4 is 22.4 Å². The van der Waals surface area contributed by atoms with Gasteiger partial charge in [0.2, 0.25) is 0 Å². The van der Waals surface area contributed by atoms with Gasteiger partial charge in [0.05, 0.1) is 14.2 Å². The van der Waals surface area contributed by atoms with Gasteiger partial charge in [-0.1, -0.05) is 36.4 Å². The van der Waals surface area contributed by atoms with Crippen molar-refractivity contribution in [3.63, 3.8) is 0 Å². The lowest BCUT2D eigenvalue weighted by molar-refractivity contribution is -0.118. The van der Waals surface area contributed by atoms with Crippen LogP contribution < -0.4 is 19.5 Å². The van der Waals surface area contributed by atoms with Gasteiger partial charge in [-0.05, 0) is 11.5 Å². The van der Waals surface area contributed by atoms with Crippen molar-refractivity contribution in [2.24, 2.45) is 0 Å². The van der Waals surface area contributed by atoms with E-state index in [0.717, 1.165) is 10.8 Å². The maximum absolute atomic E-state index is 12.2. The summed E-state index contributed by atoms with van der Waals surface area (Å²) in [6.45, 7) is -0.0897. The Bertz CT molecular complexity index is 864. The molecule has 0 aliphatic rings. The van der Waals surface area contributed by atoms with Gasteiger partial charge in [-0.3, -0.25) is 4.79 Å². The monoisotopic (exact) mass is 337 g/mol. The first-order valence-corrected chi connectivity index (χ1v) is 7.83. The van der Waals surface area contributed by atoms with Crippen LogP contribution in [0.15, 0.2) is 60.7 Å². The highest BCUT2D eigenvalue weighted by Gasteiger charge is 2.08. The molecule has 0 atom stereocenters. The minimum Gasteiger partial charge on any atom is -0.497 e. The molecule has 0 radical (unpaired) electrons. The lowest BCUT2D eigenvalue weighted by Crippen LogP contribution is -2.20. The van der Waals surface area contributed by atoms with E-state index in [-0.39, 0.29) is 12.5 Å². The molecular formula is C20H19NO4. The molecule has 0 heterocycles. The lowest BCUT2D eigenvalue weighted by atomic mass is 10.1. The molecule has 0 unspecified atom stereocenters. The molecule has 0 spiro atoms. The van der Waals surface area contributed by atoms with Crippen molar-refractivity contribution in [3.8, 4) is 17.2 Å². The molecule has 0 aromatic heterocycles. The van der Waals surface area contributed by atoms with E-state index in [0.29, 0.717) is 22.9 Å². The Balaban J connectivity index is 1.69. The molecule has 0 aliphatic heterocycles. The van der Waals surface area contributed by atoms with Crippen LogP contribution in [0.25, 0.3) is 10.8 Å². The first kappa shape index (κ1) is 16.6. The SMILES string of the molecule is COc1cc(NC(=O)COc2cccc3ccccc23)cc(OC)c1. The molecule has 1 N–H and O–H groups in total. The van der Waals surface area contributed by atoms with Crippen molar-refractivity contribution in [2.45, 2.75) is 0 Å². The Morgan fingerprint density at radius 1 is 0.920 bits per heavy atom. The fraction of sp³-hybridized carbons (Fsp3) is 0.150. The predicted octanol–water partition coefficient (Wildman–Crippen LogP) is 3.87. The van der Waals surface area contributed by atoms with Crippen LogP contribution in [0.1, 0.15) is 0 Å². The van der Waals surface area contributed by atoms with E-state index in [1.165, 1.54) is 0 Å². The predicted molar refractivity (Wildman–Crippen MR) is 97.6 cm³/mol. The molecule has 3 aromatic rings. The summed E-state index contributed by atoms with van der Waals surface area (Å²) in [5, 5.41) is 4.83. The van der Waals surface area contributed by atoms with Gasteiger partial charge in [-0.15, -0.1) is 0 Å². The van der Waals surface area contributed by atoms with Gasteiger partial charge >= 0.3 is 0 Å². The molecule has 0 bridgehead atoms. The fourth-order valence-electron chi connectivity index (χ4n) is 2.54. The van der Waals surface area contributed by atoms with Crippen molar-refractivity contribution in [3.05, 3.63) is 60.7 Å².